The Bertz CT molecular complexity index is 584. The molecule has 1 heterocycles. The first-order valence-electron chi connectivity index (χ1n) is 6.15. The number of rotatable bonds is 3. The van der Waals surface area contributed by atoms with E-state index < -0.39 is 0 Å². The van der Waals surface area contributed by atoms with Crippen molar-refractivity contribution in [2.45, 2.75) is 13.8 Å². The Morgan fingerprint density at radius 2 is 2.00 bits per heavy atom. The van der Waals surface area contributed by atoms with Gasteiger partial charge in [-0.25, -0.2) is 0 Å². The maximum atomic E-state index is 11.8. The molecule has 1 aliphatic heterocycles. The van der Waals surface area contributed by atoms with Crippen LogP contribution in [0.5, 0.6) is 0 Å². The molecule has 0 aliphatic carbocycles. The normalized spacial score (nSPS) is 16.5. The summed E-state index contributed by atoms with van der Waals surface area (Å²) in [4.78, 5) is 15.5. The molecule has 1 aliphatic rings. The van der Waals surface area contributed by atoms with Gasteiger partial charge in [-0.3, -0.25) is 14.6 Å². The van der Waals surface area contributed by atoms with Crippen molar-refractivity contribution < 1.29 is 9.53 Å². The van der Waals surface area contributed by atoms with Crippen LogP contribution in [0.25, 0.3) is 0 Å². The lowest BCUT2D eigenvalue weighted by atomic mass is 10.3. The monoisotopic (exact) mass is 306 g/mol. The Hall–Kier alpha value is -1.79. The maximum absolute atomic E-state index is 11.8. The Balaban J connectivity index is 2.34. The number of hydrogen-bond donors (Lipinski definition) is 0. The number of likely N-dealkylation sites (N-methyl/N-ethyl adjacent to an activating group) is 1. The molecule has 2 rings (SSSR count). The molecule has 0 N–H and O–H groups in total. The third kappa shape index (κ3) is 2.86. The second-order valence-electron chi connectivity index (χ2n) is 4.14. The van der Waals surface area contributed by atoms with Crippen molar-refractivity contribution in [3.63, 3.8) is 0 Å². The smallest absolute Gasteiger partial charge is 0.270 e. The Labute approximate surface area is 128 Å². The predicted molar refractivity (Wildman–Crippen MR) is 86.3 cm³/mol. The van der Waals surface area contributed by atoms with Crippen molar-refractivity contribution in [1.82, 2.24) is 4.90 Å². The molecule has 0 aromatic heterocycles. The van der Waals surface area contributed by atoms with Gasteiger partial charge < -0.3 is 4.74 Å². The van der Waals surface area contributed by atoms with Crippen molar-refractivity contribution in [2.75, 3.05) is 11.4 Å². The summed E-state index contributed by atoms with van der Waals surface area (Å²) in [6, 6.07) is 9.29. The first kappa shape index (κ1) is 14.6. The van der Waals surface area contributed by atoms with E-state index in [1.807, 2.05) is 37.3 Å². The van der Waals surface area contributed by atoms with Crippen LogP contribution >= 0.6 is 24.4 Å². The van der Waals surface area contributed by atoms with Gasteiger partial charge in [-0.2, -0.15) is 0 Å². The molecule has 0 saturated carbocycles. The molecule has 1 fully saturated rings. The van der Waals surface area contributed by atoms with Gasteiger partial charge in [0.2, 0.25) is 5.91 Å². The number of amides is 1. The van der Waals surface area contributed by atoms with Crippen molar-refractivity contribution in [1.29, 1.82) is 0 Å². The van der Waals surface area contributed by atoms with Crippen LogP contribution in [0.15, 0.2) is 42.3 Å². The second kappa shape index (κ2) is 6.11. The van der Waals surface area contributed by atoms with Gasteiger partial charge in [-0.1, -0.05) is 30.4 Å². The lowest BCUT2D eigenvalue weighted by Crippen LogP contribution is -2.27. The van der Waals surface area contributed by atoms with Crippen LogP contribution in [0.4, 0.5) is 5.69 Å². The van der Waals surface area contributed by atoms with E-state index in [0.717, 1.165) is 5.69 Å². The summed E-state index contributed by atoms with van der Waals surface area (Å²) in [6.07, 6.45) is 1.59. The fourth-order valence-corrected chi connectivity index (χ4v) is 2.49. The molecule has 0 spiro atoms. The van der Waals surface area contributed by atoms with Crippen LogP contribution in [-0.4, -0.2) is 27.5 Å². The molecule has 0 radical (unpaired) electrons. The molecule has 1 aromatic rings. The van der Waals surface area contributed by atoms with E-state index in [1.54, 1.807) is 11.1 Å². The van der Waals surface area contributed by atoms with Crippen molar-refractivity contribution in [2.24, 2.45) is 0 Å². The molecule has 1 amide bonds. The van der Waals surface area contributed by atoms with Gasteiger partial charge in [0.05, 0.1) is 6.20 Å². The van der Waals surface area contributed by atoms with Gasteiger partial charge in [0.1, 0.15) is 0 Å². The predicted octanol–water partition coefficient (Wildman–Crippen LogP) is 2.85. The topological polar surface area (TPSA) is 32.8 Å². The lowest BCUT2D eigenvalue weighted by Gasteiger charge is -2.16. The average Bonchev–Trinajstić information content (AvgIpc) is 2.70. The zero-order valence-corrected chi connectivity index (χ0v) is 12.8. The highest BCUT2D eigenvalue weighted by Gasteiger charge is 2.29. The molecule has 6 heteroatoms. The van der Waals surface area contributed by atoms with Gasteiger partial charge in [0.25, 0.3) is 5.17 Å². The highest BCUT2D eigenvalue weighted by atomic mass is 32.1. The number of benzene rings is 1. The Morgan fingerprint density at radius 3 is 2.50 bits per heavy atom. The van der Waals surface area contributed by atoms with E-state index in [-0.39, 0.29) is 5.91 Å². The highest BCUT2D eigenvalue weighted by Crippen LogP contribution is 2.22. The van der Waals surface area contributed by atoms with Crippen LogP contribution in [0.1, 0.15) is 13.8 Å². The zero-order chi connectivity index (χ0) is 14.7. The number of hydrogen-bond acceptors (Lipinski definition) is 4. The number of ether oxygens (including phenoxy) is 1. The van der Waals surface area contributed by atoms with Gasteiger partial charge in [-0.05, 0) is 31.3 Å². The summed E-state index contributed by atoms with van der Waals surface area (Å²) in [5.41, 5.74) is 0.750. The number of nitrogens with zero attached hydrogens (tertiary/aromatic N) is 2. The standard InChI is InChI=1S/C14H14N2O2S2/c1-3-15-13(19)12(18-14(15)20)9-16(10(2)17)11-7-5-4-6-8-11/h4-9H,3H2,1-2H3/b12-9-. The first-order valence-corrected chi connectivity index (χ1v) is 6.96. The van der Waals surface area contributed by atoms with Crippen LogP contribution in [0.2, 0.25) is 0 Å². The summed E-state index contributed by atoms with van der Waals surface area (Å²) >= 11 is 10.4. The van der Waals surface area contributed by atoms with E-state index in [1.165, 1.54) is 11.8 Å². The minimum absolute atomic E-state index is 0.129. The van der Waals surface area contributed by atoms with Crippen LogP contribution < -0.4 is 4.90 Å². The fourth-order valence-electron chi connectivity index (χ4n) is 1.82. The van der Waals surface area contributed by atoms with Crippen LogP contribution in [-0.2, 0) is 9.53 Å². The van der Waals surface area contributed by atoms with E-state index in [4.69, 9.17) is 29.2 Å². The Kier molecular flexibility index (Phi) is 4.46. The number of thiocarbonyl (C=S) groups is 2. The van der Waals surface area contributed by atoms with E-state index in [0.29, 0.717) is 22.5 Å². The van der Waals surface area contributed by atoms with E-state index >= 15 is 0 Å². The van der Waals surface area contributed by atoms with Crippen molar-refractivity contribution in [3.05, 3.63) is 42.3 Å². The molecule has 4 nitrogen and oxygen atoms in total. The second-order valence-corrected chi connectivity index (χ2v) is 4.87. The van der Waals surface area contributed by atoms with Crippen LogP contribution in [0, 0.1) is 0 Å². The summed E-state index contributed by atoms with van der Waals surface area (Å²) < 4.78 is 5.46. The van der Waals surface area contributed by atoms with Gasteiger partial charge in [0.15, 0.2) is 10.7 Å². The molecule has 0 bridgehead atoms. The molecular formula is C14H14N2O2S2. The van der Waals surface area contributed by atoms with Crippen molar-refractivity contribution in [3.8, 4) is 0 Å². The summed E-state index contributed by atoms with van der Waals surface area (Å²) in [5.74, 6) is 0.293. The van der Waals surface area contributed by atoms with Crippen LogP contribution in [0.3, 0.4) is 0 Å². The summed E-state index contributed by atoms with van der Waals surface area (Å²) in [7, 11) is 0. The van der Waals surface area contributed by atoms with Crippen molar-refractivity contribution >= 4 is 46.2 Å². The quantitative estimate of drug-likeness (QED) is 0.633. The van der Waals surface area contributed by atoms with Gasteiger partial charge in [0, 0.05) is 19.2 Å². The zero-order valence-electron chi connectivity index (χ0n) is 11.2. The van der Waals surface area contributed by atoms with E-state index in [9.17, 15) is 4.79 Å². The minimum atomic E-state index is -0.129. The molecule has 0 atom stereocenters. The number of anilines is 1. The highest BCUT2D eigenvalue weighted by molar-refractivity contribution is 7.82. The molecule has 20 heavy (non-hydrogen) atoms. The molecule has 1 saturated heterocycles. The fraction of sp³-hybridized carbons (Fsp3) is 0.214. The number of carbonyl (C=O) groups is 1. The summed E-state index contributed by atoms with van der Waals surface area (Å²) in [5, 5.41) is 0.320. The first-order chi connectivity index (χ1) is 9.54. The largest absolute Gasteiger partial charge is 0.427 e. The Morgan fingerprint density at radius 1 is 1.35 bits per heavy atom. The number of para-hydroxylation sites is 1. The lowest BCUT2D eigenvalue weighted by molar-refractivity contribution is -0.116. The molecule has 104 valence electrons. The molecule has 0 unspecified atom stereocenters. The van der Waals surface area contributed by atoms with Gasteiger partial charge >= 0.3 is 0 Å². The van der Waals surface area contributed by atoms with Gasteiger partial charge in [-0.15, -0.1) is 0 Å². The van der Waals surface area contributed by atoms with E-state index in [2.05, 4.69) is 0 Å². The third-order valence-electron chi connectivity index (χ3n) is 2.81. The minimum Gasteiger partial charge on any atom is -0.427 e. The average molecular weight is 306 g/mol. The summed E-state index contributed by atoms with van der Waals surface area (Å²) in [6.45, 7) is 4.06. The SMILES string of the molecule is CCN1C(=S)O/C(=C\N(C(C)=O)c2ccccc2)C1=S. The number of carbonyl (C=O) groups excluding carboxylic acids is 1. The maximum Gasteiger partial charge on any atom is 0.270 e. The third-order valence-corrected chi connectivity index (χ3v) is 3.54. The molecule has 1 aromatic carbocycles. The molecular weight excluding hydrogens is 292 g/mol.